The van der Waals surface area contributed by atoms with Gasteiger partial charge in [-0.05, 0) is 67.6 Å². The van der Waals surface area contributed by atoms with Gasteiger partial charge >= 0.3 is 5.97 Å². The van der Waals surface area contributed by atoms with Crippen molar-refractivity contribution in [3.05, 3.63) is 44.2 Å². The van der Waals surface area contributed by atoms with Gasteiger partial charge in [0.1, 0.15) is 10.8 Å². The molecular weight excluding hydrogens is 500 g/mol. The number of aryl methyl sites for hydroxylation is 1. The van der Waals surface area contributed by atoms with Crippen LogP contribution in [0.3, 0.4) is 0 Å². The number of rotatable bonds is 6. The van der Waals surface area contributed by atoms with E-state index in [4.69, 9.17) is 21.7 Å². The summed E-state index contributed by atoms with van der Waals surface area (Å²) >= 11 is 10.3. The van der Waals surface area contributed by atoms with Crippen LogP contribution in [0, 0.1) is 5.92 Å². The quantitative estimate of drug-likeness (QED) is 0.392. The van der Waals surface area contributed by atoms with E-state index in [-0.39, 0.29) is 5.11 Å². The Bertz CT molecular complexity index is 1000. The minimum Gasteiger partial charge on any atom is -0.492 e. The minimum atomic E-state index is -0.396. The standard InChI is InChI=1S/C22H25BrN2O4S2/c1-12(2)11-29-16-9-8-13(23)10-15(16)19(26)24-22(30)25-20-18(21(27)28-3)14-6-4-5-7-17(14)31-20/h8-10,12H,4-7,11H2,1-3H3,(H2,24,25,26,30). The monoisotopic (exact) mass is 524 g/mol. The Hall–Kier alpha value is -1.97. The molecule has 0 atom stereocenters. The Morgan fingerprint density at radius 1 is 1.26 bits per heavy atom. The average molecular weight is 525 g/mol. The molecular formula is C22H25BrN2O4S2. The summed E-state index contributed by atoms with van der Waals surface area (Å²) in [5, 5.41) is 6.45. The molecule has 2 N–H and O–H groups in total. The molecule has 0 saturated heterocycles. The zero-order valence-corrected chi connectivity index (χ0v) is 20.9. The van der Waals surface area contributed by atoms with Gasteiger partial charge in [0.15, 0.2) is 5.11 Å². The maximum Gasteiger partial charge on any atom is 0.341 e. The molecule has 0 radical (unpaired) electrons. The molecule has 0 unspecified atom stereocenters. The lowest BCUT2D eigenvalue weighted by Gasteiger charge is -2.15. The molecule has 1 aromatic carbocycles. The van der Waals surface area contributed by atoms with Crippen LogP contribution in [-0.2, 0) is 17.6 Å². The Morgan fingerprint density at radius 3 is 2.71 bits per heavy atom. The number of anilines is 1. The van der Waals surface area contributed by atoms with Crippen LogP contribution in [-0.4, -0.2) is 30.7 Å². The Kier molecular flexibility index (Phi) is 8.07. The highest BCUT2D eigenvalue weighted by Crippen LogP contribution is 2.38. The van der Waals surface area contributed by atoms with Crippen molar-refractivity contribution in [2.75, 3.05) is 19.0 Å². The largest absolute Gasteiger partial charge is 0.492 e. The fraction of sp³-hybridized carbons (Fsp3) is 0.409. The number of halogens is 1. The smallest absolute Gasteiger partial charge is 0.341 e. The zero-order valence-electron chi connectivity index (χ0n) is 17.7. The van der Waals surface area contributed by atoms with Gasteiger partial charge in [-0.1, -0.05) is 29.8 Å². The minimum absolute atomic E-state index is 0.114. The van der Waals surface area contributed by atoms with Gasteiger partial charge in [0.2, 0.25) is 0 Å². The summed E-state index contributed by atoms with van der Waals surface area (Å²) in [5.41, 5.74) is 1.91. The van der Waals surface area contributed by atoms with E-state index < -0.39 is 11.9 Å². The third-order valence-electron chi connectivity index (χ3n) is 4.77. The Labute approximate surface area is 199 Å². The van der Waals surface area contributed by atoms with Gasteiger partial charge in [-0.15, -0.1) is 11.3 Å². The molecule has 31 heavy (non-hydrogen) atoms. The molecule has 9 heteroatoms. The van der Waals surface area contributed by atoms with Gasteiger partial charge in [0.05, 0.1) is 24.8 Å². The number of methoxy groups -OCH3 is 1. The predicted molar refractivity (Wildman–Crippen MR) is 130 cm³/mol. The highest BCUT2D eigenvalue weighted by Gasteiger charge is 2.27. The zero-order chi connectivity index (χ0) is 22.5. The van der Waals surface area contributed by atoms with Crippen LogP contribution in [0.25, 0.3) is 0 Å². The lowest BCUT2D eigenvalue weighted by molar-refractivity contribution is 0.0601. The second-order valence-electron chi connectivity index (χ2n) is 7.66. The highest BCUT2D eigenvalue weighted by atomic mass is 79.9. The van der Waals surface area contributed by atoms with Crippen LogP contribution in [0.5, 0.6) is 5.75 Å². The number of esters is 1. The van der Waals surface area contributed by atoms with E-state index in [1.54, 1.807) is 12.1 Å². The van der Waals surface area contributed by atoms with Crippen molar-refractivity contribution in [2.24, 2.45) is 5.92 Å². The van der Waals surface area contributed by atoms with E-state index in [0.717, 1.165) is 35.7 Å². The van der Waals surface area contributed by atoms with Crippen LogP contribution in [0.15, 0.2) is 22.7 Å². The van der Waals surface area contributed by atoms with Gasteiger partial charge in [-0.3, -0.25) is 10.1 Å². The first-order valence-electron chi connectivity index (χ1n) is 10.1. The summed E-state index contributed by atoms with van der Waals surface area (Å²) in [6, 6.07) is 5.26. The molecule has 1 aliphatic rings. The fourth-order valence-electron chi connectivity index (χ4n) is 3.34. The van der Waals surface area contributed by atoms with E-state index in [1.807, 2.05) is 19.9 Å². The molecule has 0 fully saturated rings. The van der Waals surface area contributed by atoms with Crippen molar-refractivity contribution < 1.29 is 19.1 Å². The van der Waals surface area contributed by atoms with Crippen molar-refractivity contribution in [2.45, 2.75) is 39.5 Å². The van der Waals surface area contributed by atoms with Crippen LogP contribution < -0.4 is 15.4 Å². The average Bonchev–Trinajstić information content (AvgIpc) is 3.09. The second-order valence-corrected chi connectivity index (χ2v) is 10.1. The summed E-state index contributed by atoms with van der Waals surface area (Å²) in [6.07, 6.45) is 3.90. The van der Waals surface area contributed by atoms with Crippen molar-refractivity contribution >= 4 is 61.5 Å². The number of amides is 1. The summed E-state index contributed by atoms with van der Waals surface area (Å²) in [7, 11) is 1.37. The van der Waals surface area contributed by atoms with Crippen molar-refractivity contribution in [3.63, 3.8) is 0 Å². The predicted octanol–water partition coefficient (Wildman–Crippen LogP) is 5.34. The Balaban J connectivity index is 1.77. The number of hydrogen-bond donors (Lipinski definition) is 2. The lowest BCUT2D eigenvalue weighted by atomic mass is 9.95. The highest BCUT2D eigenvalue weighted by molar-refractivity contribution is 9.10. The molecule has 2 aromatic rings. The number of carbonyl (C=O) groups excluding carboxylic acids is 2. The van der Waals surface area contributed by atoms with E-state index in [9.17, 15) is 9.59 Å². The van der Waals surface area contributed by atoms with E-state index in [2.05, 4.69) is 26.6 Å². The number of benzene rings is 1. The molecule has 1 amide bonds. The summed E-state index contributed by atoms with van der Waals surface area (Å²) in [4.78, 5) is 26.5. The third kappa shape index (κ3) is 5.84. The molecule has 0 saturated carbocycles. The Morgan fingerprint density at radius 2 is 2.00 bits per heavy atom. The maximum atomic E-state index is 12.9. The SMILES string of the molecule is COC(=O)c1c(NC(=S)NC(=O)c2cc(Br)ccc2OCC(C)C)sc2c1CCCC2. The van der Waals surface area contributed by atoms with Crippen molar-refractivity contribution in [1.29, 1.82) is 0 Å². The molecule has 1 heterocycles. The third-order valence-corrected chi connectivity index (χ3v) is 6.68. The van der Waals surface area contributed by atoms with Crippen LogP contribution in [0.1, 0.15) is 57.8 Å². The summed E-state index contributed by atoms with van der Waals surface area (Å²) in [5.74, 6) is 0.0221. The van der Waals surface area contributed by atoms with Gasteiger partial charge < -0.3 is 14.8 Å². The number of fused-ring (bicyclic) bond motifs is 1. The number of nitrogens with one attached hydrogen (secondary N) is 2. The fourth-order valence-corrected chi connectivity index (χ4v) is 5.24. The number of thiocarbonyl (C=S) groups is 1. The number of thiophene rings is 1. The number of ether oxygens (including phenoxy) is 2. The topological polar surface area (TPSA) is 76.7 Å². The molecule has 0 aliphatic heterocycles. The van der Waals surface area contributed by atoms with E-state index in [0.29, 0.717) is 34.4 Å². The molecule has 6 nitrogen and oxygen atoms in total. The number of carbonyl (C=O) groups is 2. The van der Waals surface area contributed by atoms with Crippen LogP contribution >= 0.6 is 39.5 Å². The first-order valence-corrected chi connectivity index (χ1v) is 12.1. The maximum absolute atomic E-state index is 12.9. The molecule has 1 aliphatic carbocycles. The first kappa shape index (κ1) is 23.7. The molecule has 3 rings (SSSR count). The van der Waals surface area contributed by atoms with Crippen molar-refractivity contribution in [1.82, 2.24) is 5.32 Å². The van der Waals surface area contributed by atoms with Crippen LogP contribution in [0.4, 0.5) is 5.00 Å². The van der Waals surface area contributed by atoms with Gasteiger partial charge in [0.25, 0.3) is 5.91 Å². The van der Waals surface area contributed by atoms with Crippen molar-refractivity contribution in [3.8, 4) is 5.75 Å². The van der Waals surface area contributed by atoms with Crippen LogP contribution in [0.2, 0.25) is 0 Å². The van der Waals surface area contributed by atoms with E-state index in [1.165, 1.54) is 23.3 Å². The molecule has 0 bridgehead atoms. The second kappa shape index (κ2) is 10.6. The van der Waals surface area contributed by atoms with Gasteiger partial charge in [0, 0.05) is 9.35 Å². The van der Waals surface area contributed by atoms with Gasteiger partial charge in [-0.25, -0.2) is 4.79 Å². The summed E-state index contributed by atoms with van der Waals surface area (Å²) < 4.78 is 11.5. The summed E-state index contributed by atoms with van der Waals surface area (Å²) in [6.45, 7) is 4.57. The van der Waals surface area contributed by atoms with Gasteiger partial charge in [-0.2, -0.15) is 0 Å². The molecule has 0 spiro atoms. The molecule has 166 valence electrons. The number of hydrogen-bond acceptors (Lipinski definition) is 6. The normalized spacial score (nSPS) is 12.8. The first-order chi connectivity index (χ1) is 14.8. The van der Waals surface area contributed by atoms with E-state index >= 15 is 0 Å². The molecule has 1 aromatic heterocycles. The lowest BCUT2D eigenvalue weighted by Crippen LogP contribution is -2.34.